The summed E-state index contributed by atoms with van der Waals surface area (Å²) in [5, 5.41) is 18.0. The third-order valence-corrected chi connectivity index (χ3v) is 6.29. The number of aromatic nitrogens is 4. The minimum Gasteiger partial charge on any atom is -0.345 e. The number of carbonyl (C=O) groups excluding carboxylic acids is 1. The van der Waals surface area contributed by atoms with Gasteiger partial charge in [-0.2, -0.15) is 26.7 Å². The van der Waals surface area contributed by atoms with Gasteiger partial charge in [-0.1, -0.05) is 0 Å². The molecule has 0 bridgehead atoms. The van der Waals surface area contributed by atoms with Gasteiger partial charge in [-0.3, -0.25) is 4.79 Å². The van der Waals surface area contributed by atoms with Crippen molar-refractivity contribution < 1.29 is 4.79 Å². The maximum Gasteiger partial charge on any atom is 0.254 e. The van der Waals surface area contributed by atoms with Gasteiger partial charge in [0.05, 0.1) is 5.69 Å². The lowest BCUT2D eigenvalue weighted by Gasteiger charge is -2.34. The molecule has 1 aliphatic heterocycles. The Kier molecular flexibility index (Phi) is 4.10. The molecule has 7 nitrogen and oxygen atoms in total. The van der Waals surface area contributed by atoms with E-state index in [1.165, 1.54) is 5.56 Å². The van der Waals surface area contributed by atoms with Gasteiger partial charge in [0.25, 0.3) is 5.91 Å². The summed E-state index contributed by atoms with van der Waals surface area (Å²) in [6.07, 6.45) is 0. The van der Waals surface area contributed by atoms with Crippen LogP contribution in [0.1, 0.15) is 10.4 Å². The Morgan fingerprint density at radius 3 is 2.70 bits per heavy atom. The molecule has 4 aromatic rings. The number of rotatable bonds is 3. The van der Waals surface area contributed by atoms with Gasteiger partial charge in [0.15, 0.2) is 5.13 Å². The fourth-order valence-electron chi connectivity index (χ4n) is 3.21. The van der Waals surface area contributed by atoms with E-state index in [0.29, 0.717) is 24.2 Å². The first-order valence-corrected chi connectivity index (χ1v) is 10.4. The number of amides is 1. The van der Waals surface area contributed by atoms with Crippen molar-refractivity contribution in [2.24, 2.45) is 0 Å². The third kappa shape index (κ3) is 3.08. The fourth-order valence-corrected chi connectivity index (χ4v) is 4.75. The molecular weight excluding hydrogens is 380 g/mol. The molecule has 1 saturated heterocycles. The SMILES string of the molecule is O=C(c1ccc2n[nH]nc2c1)N1CCN(c2nc(-c3ccsc3)cs2)CC1. The van der Waals surface area contributed by atoms with Crippen molar-refractivity contribution in [1.29, 1.82) is 0 Å². The molecule has 136 valence electrons. The number of H-pyrrole nitrogens is 1. The van der Waals surface area contributed by atoms with Crippen molar-refractivity contribution in [2.75, 3.05) is 31.1 Å². The standard InChI is InChI=1S/C18H16N6OS2/c25-17(12-1-2-14-15(9-12)21-22-20-14)23-4-6-24(7-5-23)18-19-16(11-27-18)13-3-8-26-10-13/h1-3,8-11H,4-7H2,(H,20,21,22). The molecule has 1 aromatic carbocycles. The highest BCUT2D eigenvalue weighted by molar-refractivity contribution is 7.14. The molecule has 3 aromatic heterocycles. The zero-order valence-corrected chi connectivity index (χ0v) is 16.0. The zero-order valence-electron chi connectivity index (χ0n) is 14.3. The number of anilines is 1. The quantitative estimate of drug-likeness (QED) is 0.576. The third-order valence-electron chi connectivity index (χ3n) is 4.71. The normalized spacial score (nSPS) is 14.8. The van der Waals surface area contributed by atoms with Crippen LogP contribution in [-0.4, -0.2) is 57.4 Å². The maximum atomic E-state index is 12.8. The number of fused-ring (bicyclic) bond motifs is 1. The van der Waals surface area contributed by atoms with E-state index < -0.39 is 0 Å². The van der Waals surface area contributed by atoms with E-state index in [-0.39, 0.29) is 5.91 Å². The highest BCUT2D eigenvalue weighted by Crippen LogP contribution is 2.29. The Hall–Kier alpha value is -2.78. The van der Waals surface area contributed by atoms with E-state index in [4.69, 9.17) is 4.98 Å². The van der Waals surface area contributed by atoms with Crippen LogP contribution in [0.2, 0.25) is 0 Å². The monoisotopic (exact) mass is 396 g/mol. The van der Waals surface area contributed by atoms with Crippen LogP contribution < -0.4 is 4.90 Å². The summed E-state index contributed by atoms with van der Waals surface area (Å²) in [6.45, 7) is 2.94. The molecule has 5 rings (SSSR count). The predicted molar refractivity (Wildman–Crippen MR) is 107 cm³/mol. The van der Waals surface area contributed by atoms with Gasteiger partial charge in [-0.15, -0.1) is 11.3 Å². The van der Waals surface area contributed by atoms with Crippen LogP contribution in [0.3, 0.4) is 0 Å². The molecule has 27 heavy (non-hydrogen) atoms. The van der Waals surface area contributed by atoms with Gasteiger partial charge in [0.2, 0.25) is 0 Å². The van der Waals surface area contributed by atoms with Gasteiger partial charge >= 0.3 is 0 Å². The highest BCUT2D eigenvalue weighted by Gasteiger charge is 2.24. The van der Waals surface area contributed by atoms with Gasteiger partial charge in [-0.25, -0.2) is 4.98 Å². The minimum absolute atomic E-state index is 0.0395. The van der Waals surface area contributed by atoms with E-state index in [9.17, 15) is 4.79 Å². The molecule has 1 N–H and O–H groups in total. The summed E-state index contributed by atoms with van der Waals surface area (Å²) in [6, 6.07) is 7.52. The lowest BCUT2D eigenvalue weighted by Crippen LogP contribution is -2.48. The number of hydrogen-bond donors (Lipinski definition) is 1. The predicted octanol–water partition coefficient (Wildman–Crippen LogP) is 3.11. The smallest absolute Gasteiger partial charge is 0.254 e. The number of hydrogen-bond acceptors (Lipinski definition) is 7. The average molecular weight is 397 g/mol. The Bertz CT molecular complexity index is 1080. The molecule has 1 aliphatic rings. The Morgan fingerprint density at radius 1 is 1.04 bits per heavy atom. The number of thiazole rings is 1. The van der Waals surface area contributed by atoms with Gasteiger partial charge in [0.1, 0.15) is 11.0 Å². The van der Waals surface area contributed by atoms with E-state index in [1.807, 2.05) is 17.0 Å². The first-order valence-electron chi connectivity index (χ1n) is 8.61. The summed E-state index contributed by atoms with van der Waals surface area (Å²) in [5.74, 6) is 0.0395. The first kappa shape index (κ1) is 16.4. The number of nitrogens with one attached hydrogen (secondary N) is 1. The summed E-state index contributed by atoms with van der Waals surface area (Å²) < 4.78 is 0. The number of aromatic amines is 1. The van der Waals surface area contributed by atoms with Crippen LogP contribution >= 0.6 is 22.7 Å². The Morgan fingerprint density at radius 2 is 1.89 bits per heavy atom. The minimum atomic E-state index is 0.0395. The fraction of sp³-hybridized carbons (Fsp3) is 0.222. The van der Waals surface area contributed by atoms with E-state index in [0.717, 1.165) is 29.4 Å². The molecule has 9 heteroatoms. The van der Waals surface area contributed by atoms with Gasteiger partial charge < -0.3 is 9.80 Å². The second-order valence-corrected chi connectivity index (χ2v) is 7.95. The van der Waals surface area contributed by atoms with Crippen LogP contribution in [-0.2, 0) is 0 Å². The molecule has 0 unspecified atom stereocenters. The lowest BCUT2D eigenvalue weighted by molar-refractivity contribution is 0.0747. The second-order valence-electron chi connectivity index (χ2n) is 6.33. The van der Waals surface area contributed by atoms with E-state index in [1.54, 1.807) is 28.7 Å². The average Bonchev–Trinajstić information content (AvgIpc) is 3.48. The number of piperazine rings is 1. The maximum absolute atomic E-state index is 12.8. The molecule has 0 aliphatic carbocycles. The largest absolute Gasteiger partial charge is 0.345 e. The van der Waals surface area contributed by atoms with Crippen molar-refractivity contribution >= 4 is 44.7 Å². The summed E-state index contributed by atoms with van der Waals surface area (Å²) in [7, 11) is 0. The number of nitrogens with zero attached hydrogens (tertiary/aromatic N) is 5. The molecule has 0 radical (unpaired) electrons. The first-order chi connectivity index (χ1) is 13.3. The molecular formula is C18H16N6OS2. The van der Waals surface area contributed by atoms with Crippen LogP contribution in [0.15, 0.2) is 40.4 Å². The van der Waals surface area contributed by atoms with E-state index >= 15 is 0 Å². The second kappa shape index (κ2) is 6.75. The van der Waals surface area contributed by atoms with Crippen molar-refractivity contribution in [3.05, 3.63) is 46.0 Å². The Labute approximate surface area is 163 Å². The topological polar surface area (TPSA) is 78.0 Å². The van der Waals surface area contributed by atoms with Crippen LogP contribution in [0.25, 0.3) is 22.3 Å². The molecule has 1 fully saturated rings. The molecule has 0 spiro atoms. The van der Waals surface area contributed by atoms with Crippen molar-refractivity contribution in [3.8, 4) is 11.3 Å². The summed E-state index contributed by atoms with van der Waals surface area (Å²) >= 11 is 3.34. The van der Waals surface area contributed by atoms with Crippen LogP contribution in [0.5, 0.6) is 0 Å². The Balaban J connectivity index is 1.26. The number of thiophene rings is 1. The van der Waals surface area contributed by atoms with Crippen LogP contribution in [0.4, 0.5) is 5.13 Å². The van der Waals surface area contributed by atoms with Gasteiger partial charge in [0, 0.05) is 48.1 Å². The van der Waals surface area contributed by atoms with Crippen LogP contribution in [0, 0.1) is 0 Å². The number of carbonyl (C=O) groups is 1. The van der Waals surface area contributed by atoms with Crippen molar-refractivity contribution in [3.63, 3.8) is 0 Å². The van der Waals surface area contributed by atoms with E-state index in [2.05, 4.69) is 42.5 Å². The summed E-state index contributed by atoms with van der Waals surface area (Å²) in [5.41, 5.74) is 4.32. The van der Waals surface area contributed by atoms with Crippen molar-refractivity contribution in [2.45, 2.75) is 0 Å². The zero-order chi connectivity index (χ0) is 18.2. The lowest BCUT2D eigenvalue weighted by atomic mass is 10.1. The van der Waals surface area contributed by atoms with Gasteiger partial charge in [-0.05, 0) is 29.6 Å². The molecule has 0 saturated carbocycles. The molecule has 1 amide bonds. The van der Waals surface area contributed by atoms with Crippen molar-refractivity contribution in [1.82, 2.24) is 25.3 Å². The summed E-state index contributed by atoms with van der Waals surface area (Å²) in [4.78, 5) is 21.7. The number of benzene rings is 1. The molecule has 0 atom stereocenters. The highest BCUT2D eigenvalue weighted by atomic mass is 32.1. The molecule has 4 heterocycles.